The SMILES string of the molecule is CC.Cc1cc2cncnc2cn1.Cc1ccc2ncncc2n1. The van der Waals surface area contributed by atoms with Crippen LogP contribution in [0, 0.1) is 13.8 Å². The summed E-state index contributed by atoms with van der Waals surface area (Å²) in [4.78, 5) is 24.3. The molecule has 4 aromatic heterocycles. The highest BCUT2D eigenvalue weighted by atomic mass is 14.9. The van der Waals surface area contributed by atoms with Crippen molar-refractivity contribution in [1.82, 2.24) is 29.9 Å². The zero-order valence-corrected chi connectivity index (χ0v) is 14.3. The topological polar surface area (TPSA) is 77.3 Å². The van der Waals surface area contributed by atoms with Gasteiger partial charge in [-0.05, 0) is 32.0 Å². The first-order chi connectivity index (χ1) is 11.7. The van der Waals surface area contributed by atoms with Crippen LogP contribution in [0.3, 0.4) is 0 Å². The number of nitrogens with zero attached hydrogens (tertiary/aromatic N) is 6. The lowest BCUT2D eigenvalue weighted by Crippen LogP contribution is -1.85. The third kappa shape index (κ3) is 4.49. The number of rotatable bonds is 0. The molecule has 0 unspecified atom stereocenters. The minimum atomic E-state index is 0.854. The van der Waals surface area contributed by atoms with Crippen molar-refractivity contribution >= 4 is 21.9 Å². The molecule has 0 aliphatic carbocycles. The predicted octanol–water partition coefficient (Wildman–Crippen LogP) is 3.69. The van der Waals surface area contributed by atoms with Gasteiger partial charge in [0, 0.05) is 23.0 Å². The fourth-order valence-corrected chi connectivity index (χ4v) is 1.97. The summed E-state index contributed by atoms with van der Waals surface area (Å²) in [7, 11) is 0. The average molecular weight is 320 g/mol. The molecule has 4 aromatic rings. The molecule has 0 fully saturated rings. The second-order valence-electron chi connectivity index (χ2n) is 4.79. The van der Waals surface area contributed by atoms with E-state index in [-0.39, 0.29) is 0 Å². The normalized spacial score (nSPS) is 9.67. The molecular formula is C18H20N6. The fraction of sp³-hybridized carbons (Fsp3) is 0.222. The van der Waals surface area contributed by atoms with Gasteiger partial charge in [-0.1, -0.05) is 13.8 Å². The Morgan fingerprint density at radius 1 is 0.667 bits per heavy atom. The number of hydrogen-bond donors (Lipinski definition) is 0. The molecule has 0 aliphatic heterocycles. The molecule has 0 amide bonds. The predicted molar refractivity (Wildman–Crippen MR) is 95.5 cm³/mol. The van der Waals surface area contributed by atoms with Crippen LogP contribution in [0.5, 0.6) is 0 Å². The van der Waals surface area contributed by atoms with Gasteiger partial charge < -0.3 is 0 Å². The van der Waals surface area contributed by atoms with Gasteiger partial charge in [-0.15, -0.1) is 0 Å². The van der Waals surface area contributed by atoms with E-state index in [1.807, 2.05) is 45.9 Å². The smallest absolute Gasteiger partial charge is 0.116 e. The van der Waals surface area contributed by atoms with Gasteiger partial charge in [-0.25, -0.2) is 24.9 Å². The van der Waals surface area contributed by atoms with E-state index < -0.39 is 0 Å². The van der Waals surface area contributed by atoms with Crippen LogP contribution in [0.15, 0.2) is 49.4 Å². The van der Waals surface area contributed by atoms with Crippen LogP contribution in [0.4, 0.5) is 0 Å². The Bertz CT molecular complexity index is 846. The molecule has 0 atom stereocenters. The minimum absolute atomic E-state index is 0.854. The number of aryl methyl sites for hydroxylation is 2. The van der Waals surface area contributed by atoms with Crippen LogP contribution in [-0.2, 0) is 0 Å². The summed E-state index contributed by atoms with van der Waals surface area (Å²) in [6.45, 7) is 7.90. The summed E-state index contributed by atoms with van der Waals surface area (Å²) in [5.74, 6) is 0. The molecule has 0 aliphatic rings. The maximum Gasteiger partial charge on any atom is 0.116 e. The molecule has 0 saturated carbocycles. The lowest BCUT2D eigenvalue weighted by atomic mass is 10.3. The molecule has 4 rings (SSSR count). The van der Waals surface area contributed by atoms with E-state index in [1.165, 1.54) is 12.7 Å². The zero-order chi connectivity index (χ0) is 17.4. The molecule has 4 heterocycles. The van der Waals surface area contributed by atoms with Crippen molar-refractivity contribution in [2.24, 2.45) is 0 Å². The van der Waals surface area contributed by atoms with Crippen molar-refractivity contribution in [2.45, 2.75) is 27.7 Å². The summed E-state index contributed by atoms with van der Waals surface area (Å²) >= 11 is 0. The van der Waals surface area contributed by atoms with Crippen LogP contribution >= 0.6 is 0 Å². The van der Waals surface area contributed by atoms with Crippen molar-refractivity contribution in [3.63, 3.8) is 0 Å². The summed E-state index contributed by atoms with van der Waals surface area (Å²) in [6, 6.07) is 5.85. The molecule has 6 heteroatoms. The van der Waals surface area contributed by atoms with Crippen LogP contribution in [0.1, 0.15) is 25.2 Å². The Labute approximate surface area is 141 Å². The molecule has 24 heavy (non-hydrogen) atoms. The average Bonchev–Trinajstić information content (AvgIpc) is 2.64. The highest BCUT2D eigenvalue weighted by Gasteiger charge is 1.94. The van der Waals surface area contributed by atoms with Crippen molar-refractivity contribution in [3.8, 4) is 0 Å². The Balaban J connectivity index is 0.000000158. The molecule has 0 spiro atoms. The van der Waals surface area contributed by atoms with Crippen molar-refractivity contribution in [3.05, 3.63) is 60.8 Å². The molecule has 6 nitrogen and oxygen atoms in total. The summed E-state index contributed by atoms with van der Waals surface area (Å²) < 4.78 is 0. The third-order valence-corrected chi connectivity index (χ3v) is 3.03. The number of aromatic nitrogens is 6. The number of pyridine rings is 2. The van der Waals surface area contributed by atoms with Crippen LogP contribution < -0.4 is 0 Å². The largest absolute Gasteiger partial charge is 0.259 e. The molecular weight excluding hydrogens is 300 g/mol. The van der Waals surface area contributed by atoms with E-state index in [0.29, 0.717) is 0 Å². The van der Waals surface area contributed by atoms with Crippen LogP contribution in [0.25, 0.3) is 21.9 Å². The highest BCUT2D eigenvalue weighted by Crippen LogP contribution is 2.08. The van der Waals surface area contributed by atoms with Gasteiger partial charge in [0.05, 0.1) is 23.4 Å². The lowest BCUT2D eigenvalue weighted by molar-refractivity contribution is 1.17. The third-order valence-electron chi connectivity index (χ3n) is 3.03. The van der Waals surface area contributed by atoms with E-state index in [9.17, 15) is 0 Å². The second kappa shape index (κ2) is 8.57. The molecule has 122 valence electrons. The van der Waals surface area contributed by atoms with E-state index in [2.05, 4.69) is 29.9 Å². The Morgan fingerprint density at radius 2 is 1.38 bits per heavy atom. The molecule has 0 N–H and O–H groups in total. The van der Waals surface area contributed by atoms with Gasteiger partial charge >= 0.3 is 0 Å². The zero-order valence-electron chi connectivity index (χ0n) is 14.3. The Hall–Kier alpha value is -3.02. The monoisotopic (exact) mass is 320 g/mol. The van der Waals surface area contributed by atoms with E-state index in [4.69, 9.17) is 0 Å². The van der Waals surface area contributed by atoms with Gasteiger partial charge in [0.15, 0.2) is 0 Å². The van der Waals surface area contributed by atoms with Gasteiger partial charge in [0.25, 0.3) is 0 Å². The summed E-state index contributed by atoms with van der Waals surface area (Å²) in [6.07, 6.45) is 8.32. The number of hydrogen-bond acceptors (Lipinski definition) is 6. The highest BCUT2D eigenvalue weighted by molar-refractivity contribution is 5.76. The Kier molecular flexibility index (Phi) is 6.19. The summed E-state index contributed by atoms with van der Waals surface area (Å²) in [5, 5.41) is 1.04. The molecule has 0 radical (unpaired) electrons. The molecule has 0 saturated heterocycles. The van der Waals surface area contributed by atoms with Gasteiger partial charge in [0.2, 0.25) is 0 Å². The molecule has 0 bridgehead atoms. The van der Waals surface area contributed by atoms with Crippen LogP contribution in [0.2, 0.25) is 0 Å². The molecule has 0 aromatic carbocycles. The first kappa shape index (κ1) is 17.3. The van der Waals surface area contributed by atoms with E-state index in [1.54, 1.807) is 18.6 Å². The van der Waals surface area contributed by atoms with E-state index in [0.717, 1.165) is 33.3 Å². The van der Waals surface area contributed by atoms with Crippen molar-refractivity contribution in [1.29, 1.82) is 0 Å². The number of fused-ring (bicyclic) bond motifs is 2. The van der Waals surface area contributed by atoms with Gasteiger partial charge in [-0.3, -0.25) is 4.98 Å². The van der Waals surface area contributed by atoms with Gasteiger partial charge in [0.1, 0.15) is 18.2 Å². The Morgan fingerprint density at radius 3 is 2.17 bits per heavy atom. The first-order valence-electron chi connectivity index (χ1n) is 7.78. The quantitative estimate of drug-likeness (QED) is 0.492. The van der Waals surface area contributed by atoms with Crippen molar-refractivity contribution < 1.29 is 0 Å². The van der Waals surface area contributed by atoms with E-state index >= 15 is 0 Å². The van der Waals surface area contributed by atoms with Crippen molar-refractivity contribution in [2.75, 3.05) is 0 Å². The second-order valence-corrected chi connectivity index (χ2v) is 4.79. The minimum Gasteiger partial charge on any atom is -0.259 e. The lowest BCUT2D eigenvalue weighted by Gasteiger charge is -1.94. The summed E-state index contributed by atoms with van der Waals surface area (Å²) in [5.41, 5.74) is 4.63. The van der Waals surface area contributed by atoms with Gasteiger partial charge in [-0.2, -0.15) is 0 Å². The maximum atomic E-state index is 4.25. The standard InChI is InChI=1S/2C8H7N3.C2H6/c1-6-2-7-3-9-5-11-8(7)4-10-6;1-6-2-3-7-8(11-6)4-9-5-10-7;1-2/h2*2-5H,1H3;1-2H3. The fourth-order valence-electron chi connectivity index (χ4n) is 1.97. The maximum absolute atomic E-state index is 4.25. The first-order valence-corrected chi connectivity index (χ1v) is 7.78. The van der Waals surface area contributed by atoms with Crippen LogP contribution in [-0.4, -0.2) is 29.9 Å².